The van der Waals surface area contributed by atoms with Crippen LogP contribution in [0.4, 0.5) is 0 Å². The van der Waals surface area contributed by atoms with Crippen LogP contribution < -0.4 is 16.6 Å². The number of carbonyl (C=O) groups is 1. The molecule has 0 radical (unpaired) electrons. The Hall–Kier alpha value is -1.02. The zero-order valence-corrected chi connectivity index (χ0v) is 11.0. The maximum Gasteiger partial charge on any atom is 0.220 e. The molecule has 0 saturated heterocycles. The molecule has 0 aliphatic rings. The van der Waals surface area contributed by atoms with E-state index in [0.717, 1.165) is 0 Å². The monoisotopic (exact) mass is 260 g/mol. The van der Waals surface area contributed by atoms with Crippen LogP contribution in [0.1, 0.15) is 19.8 Å². The van der Waals surface area contributed by atoms with Crippen LogP contribution in [0.3, 0.4) is 0 Å². The van der Waals surface area contributed by atoms with Crippen LogP contribution in [0.15, 0.2) is 0 Å². The predicted octanol–water partition coefficient (Wildman–Crippen LogP) is -0.581. The van der Waals surface area contributed by atoms with Crippen molar-refractivity contribution in [3.8, 4) is 0 Å². The number of hydrogen-bond acceptors (Lipinski definition) is 6. The lowest BCUT2D eigenvalue weighted by Gasteiger charge is -2.07. The van der Waals surface area contributed by atoms with Gasteiger partial charge in [0.1, 0.15) is 0 Å². The minimum absolute atomic E-state index is 0.0459. The third-order valence-corrected chi connectivity index (χ3v) is 2.06. The fourth-order valence-electron chi connectivity index (χ4n) is 1.11. The van der Waals surface area contributed by atoms with Gasteiger partial charge in [-0.2, -0.15) is 0 Å². The SMILES string of the molecule is CC(=N)CCC(=O)NCCOCCOCCNN. The van der Waals surface area contributed by atoms with Crippen molar-refractivity contribution in [1.82, 2.24) is 10.7 Å². The minimum Gasteiger partial charge on any atom is -0.378 e. The molecule has 0 spiro atoms. The fourth-order valence-corrected chi connectivity index (χ4v) is 1.11. The van der Waals surface area contributed by atoms with Crippen LogP contribution in [-0.2, 0) is 14.3 Å². The van der Waals surface area contributed by atoms with Gasteiger partial charge in [-0.3, -0.25) is 16.1 Å². The third-order valence-electron chi connectivity index (χ3n) is 2.06. The lowest BCUT2D eigenvalue weighted by molar-refractivity contribution is -0.121. The van der Waals surface area contributed by atoms with Crippen LogP contribution in [0, 0.1) is 5.41 Å². The van der Waals surface area contributed by atoms with Crippen molar-refractivity contribution >= 4 is 11.6 Å². The summed E-state index contributed by atoms with van der Waals surface area (Å²) in [6, 6.07) is 0. The second-order valence-corrected chi connectivity index (χ2v) is 3.81. The number of rotatable bonds is 12. The van der Waals surface area contributed by atoms with E-state index in [1.807, 2.05) is 0 Å². The molecule has 5 N–H and O–H groups in total. The summed E-state index contributed by atoms with van der Waals surface area (Å²) in [5.74, 6) is 5.02. The van der Waals surface area contributed by atoms with Gasteiger partial charge in [-0.15, -0.1) is 0 Å². The molecule has 0 fully saturated rings. The van der Waals surface area contributed by atoms with Crippen molar-refractivity contribution in [2.75, 3.05) is 39.5 Å². The second-order valence-electron chi connectivity index (χ2n) is 3.81. The van der Waals surface area contributed by atoms with Crippen molar-refractivity contribution in [2.45, 2.75) is 19.8 Å². The molecule has 0 saturated carbocycles. The summed E-state index contributed by atoms with van der Waals surface area (Å²) in [7, 11) is 0. The Balaban J connectivity index is 3.15. The Labute approximate surface area is 108 Å². The lowest BCUT2D eigenvalue weighted by atomic mass is 10.2. The highest BCUT2D eigenvalue weighted by atomic mass is 16.5. The molecule has 0 heterocycles. The van der Waals surface area contributed by atoms with Crippen molar-refractivity contribution in [3.05, 3.63) is 0 Å². The van der Waals surface area contributed by atoms with E-state index in [-0.39, 0.29) is 5.91 Å². The molecule has 0 aromatic carbocycles. The van der Waals surface area contributed by atoms with Gasteiger partial charge in [0.15, 0.2) is 0 Å². The molecule has 106 valence electrons. The highest BCUT2D eigenvalue weighted by Crippen LogP contribution is 1.90. The van der Waals surface area contributed by atoms with E-state index in [2.05, 4.69) is 10.7 Å². The molecule has 18 heavy (non-hydrogen) atoms. The van der Waals surface area contributed by atoms with E-state index >= 15 is 0 Å². The van der Waals surface area contributed by atoms with Crippen LogP contribution in [0.2, 0.25) is 0 Å². The normalized spacial score (nSPS) is 10.3. The summed E-state index contributed by atoms with van der Waals surface area (Å²) >= 11 is 0. The summed E-state index contributed by atoms with van der Waals surface area (Å²) < 4.78 is 10.4. The van der Waals surface area contributed by atoms with Gasteiger partial charge < -0.3 is 20.2 Å². The highest BCUT2D eigenvalue weighted by Gasteiger charge is 2.00. The molecule has 0 aliphatic heterocycles. The number of hydrogen-bond donors (Lipinski definition) is 4. The van der Waals surface area contributed by atoms with Crippen LogP contribution in [0.25, 0.3) is 0 Å². The highest BCUT2D eigenvalue weighted by molar-refractivity contribution is 5.84. The second kappa shape index (κ2) is 12.4. The van der Waals surface area contributed by atoms with E-state index in [1.165, 1.54) is 0 Å². The largest absolute Gasteiger partial charge is 0.378 e. The fraction of sp³-hybridized carbons (Fsp3) is 0.818. The summed E-state index contributed by atoms with van der Waals surface area (Å²) in [4.78, 5) is 11.2. The number of nitrogens with one attached hydrogen (secondary N) is 3. The maximum absolute atomic E-state index is 11.2. The standard InChI is InChI=1S/C11H24N4O3/c1-10(12)2-3-11(16)14-4-6-17-8-9-18-7-5-15-13/h12,15H,2-9,13H2,1H3,(H,14,16). The number of nitrogens with two attached hydrogens (primary N) is 1. The summed E-state index contributed by atoms with van der Waals surface area (Å²) in [6.07, 6.45) is 0.875. The average Bonchev–Trinajstić information content (AvgIpc) is 2.34. The van der Waals surface area contributed by atoms with Gasteiger partial charge in [0.2, 0.25) is 5.91 Å². The zero-order chi connectivity index (χ0) is 13.6. The predicted molar refractivity (Wildman–Crippen MR) is 69.5 cm³/mol. The first kappa shape index (κ1) is 17.0. The minimum atomic E-state index is -0.0459. The van der Waals surface area contributed by atoms with Gasteiger partial charge in [0.05, 0.1) is 26.4 Å². The number of hydrazine groups is 1. The van der Waals surface area contributed by atoms with Gasteiger partial charge in [-0.1, -0.05) is 0 Å². The van der Waals surface area contributed by atoms with Gasteiger partial charge in [-0.05, 0) is 13.3 Å². The molecular formula is C11H24N4O3. The first-order valence-corrected chi connectivity index (χ1v) is 6.06. The van der Waals surface area contributed by atoms with Crippen LogP contribution >= 0.6 is 0 Å². The Morgan fingerprint density at radius 1 is 1.11 bits per heavy atom. The number of carbonyl (C=O) groups excluding carboxylic acids is 1. The van der Waals surface area contributed by atoms with E-state index < -0.39 is 0 Å². The zero-order valence-electron chi connectivity index (χ0n) is 11.0. The molecule has 0 unspecified atom stereocenters. The molecule has 7 heteroatoms. The topological polar surface area (TPSA) is 109 Å². The molecule has 0 bridgehead atoms. The first-order chi connectivity index (χ1) is 8.66. The van der Waals surface area contributed by atoms with Crippen molar-refractivity contribution in [3.63, 3.8) is 0 Å². The van der Waals surface area contributed by atoms with E-state index in [1.54, 1.807) is 6.92 Å². The van der Waals surface area contributed by atoms with Gasteiger partial charge in [0.25, 0.3) is 0 Å². The molecule has 0 aromatic heterocycles. The maximum atomic E-state index is 11.2. The van der Waals surface area contributed by atoms with Crippen molar-refractivity contribution in [2.24, 2.45) is 5.84 Å². The third kappa shape index (κ3) is 13.0. The van der Waals surface area contributed by atoms with Crippen molar-refractivity contribution in [1.29, 1.82) is 5.41 Å². The summed E-state index contributed by atoms with van der Waals surface area (Å²) in [6.45, 7) is 4.83. The Kier molecular flexibility index (Phi) is 11.7. The number of amides is 1. The molecule has 0 aromatic rings. The Morgan fingerprint density at radius 2 is 1.72 bits per heavy atom. The smallest absolute Gasteiger partial charge is 0.220 e. The van der Waals surface area contributed by atoms with E-state index in [4.69, 9.17) is 20.7 Å². The Morgan fingerprint density at radius 3 is 2.28 bits per heavy atom. The molecule has 7 nitrogen and oxygen atoms in total. The molecule has 0 aliphatic carbocycles. The van der Waals surface area contributed by atoms with Gasteiger partial charge in [0, 0.05) is 25.2 Å². The van der Waals surface area contributed by atoms with Gasteiger partial charge >= 0.3 is 0 Å². The average molecular weight is 260 g/mol. The molecule has 0 rings (SSSR count). The first-order valence-electron chi connectivity index (χ1n) is 6.06. The lowest BCUT2D eigenvalue weighted by Crippen LogP contribution is -2.28. The van der Waals surface area contributed by atoms with Crippen molar-refractivity contribution < 1.29 is 14.3 Å². The number of ether oxygens (including phenoxy) is 2. The molecule has 1 amide bonds. The van der Waals surface area contributed by atoms with E-state index in [0.29, 0.717) is 58.1 Å². The summed E-state index contributed by atoms with van der Waals surface area (Å²) in [5.41, 5.74) is 3.00. The van der Waals surface area contributed by atoms with Gasteiger partial charge in [-0.25, -0.2) is 0 Å². The van der Waals surface area contributed by atoms with Crippen LogP contribution in [-0.4, -0.2) is 51.1 Å². The van der Waals surface area contributed by atoms with E-state index in [9.17, 15) is 4.79 Å². The van der Waals surface area contributed by atoms with Crippen LogP contribution in [0.5, 0.6) is 0 Å². The molecule has 0 atom stereocenters. The quantitative estimate of drug-likeness (QED) is 0.162. The molecular weight excluding hydrogens is 236 g/mol. The Bertz CT molecular complexity index is 236. The summed E-state index contributed by atoms with van der Waals surface area (Å²) in [5, 5.41) is 9.92.